The minimum absolute atomic E-state index is 0.182. The third kappa shape index (κ3) is 3.16. The van der Waals surface area contributed by atoms with Gasteiger partial charge < -0.3 is 13.7 Å². The molecule has 1 aliphatic heterocycles. The molecular weight excluding hydrogens is 354 g/mol. The Morgan fingerprint density at radius 2 is 2.04 bits per heavy atom. The summed E-state index contributed by atoms with van der Waals surface area (Å²) in [5, 5.41) is 18.2. The lowest BCUT2D eigenvalue weighted by Crippen LogP contribution is -2.33. The first kappa shape index (κ1) is 16.6. The van der Waals surface area contributed by atoms with Gasteiger partial charge in [-0.25, -0.2) is 4.98 Å². The fourth-order valence-electron chi connectivity index (χ4n) is 3.17. The summed E-state index contributed by atoms with van der Waals surface area (Å²) in [4.78, 5) is 6.15. The van der Waals surface area contributed by atoms with Gasteiger partial charge in [0.05, 0.1) is 0 Å². The first-order valence-corrected chi connectivity index (χ1v) is 8.73. The second-order valence-electron chi connectivity index (χ2n) is 6.22. The van der Waals surface area contributed by atoms with Crippen LogP contribution in [0.5, 0.6) is 0 Å². The second kappa shape index (κ2) is 6.81. The van der Waals surface area contributed by atoms with E-state index in [-0.39, 0.29) is 5.92 Å². The number of nitriles is 1. The van der Waals surface area contributed by atoms with Crippen molar-refractivity contribution in [2.24, 2.45) is 0 Å². The highest BCUT2D eigenvalue weighted by molar-refractivity contribution is 6.30. The number of aromatic nitrogens is 3. The molecule has 0 spiro atoms. The van der Waals surface area contributed by atoms with Crippen LogP contribution < -0.4 is 4.90 Å². The van der Waals surface area contributed by atoms with Crippen molar-refractivity contribution in [3.05, 3.63) is 46.8 Å². The lowest BCUT2D eigenvalue weighted by molar-refractivity contribution is 0.387. The summed E-state index contributed by atoms with van der Waals surface area (Å²) >= 11 is 6.02. The van der Waals surface area contributed by atoms with Gasteiger partial charge in [0, 0.05) is 36.5 Å². The van der Waals surface area contributed by atoms with E-state index in [1.807, 2.05) is 17.0 Å². The number of benzene rings is 1. The highest BCUT2D eigenvalue weighted by Crippen LogP contribution is 2.33. The van der Waals surface area contributed by atoms with E-state index >= 15 is 0 Å². The van der Waals surface area contributed by atoms with Gasteiger partial charge in [-0.05, 0) is 31.0 Å². The van der Waals surface area contributed by atoms with Crippen molar-refractivity contribution in [1.29, 1.82) is 5.26 Å². The fourth-order valence-corrected chi connectivity index (χ4v) is 3.36. The second-order valence-corrected chi connectivity index (χ2v) is 6.65. The van der Waals surface area contributed by atoms with Crippen molar-refractivity contribution in [3.63, 3.8) is 0 Å². The van der Waals surface area contributed by atoms with Crippen molar-refractivity contribution in [1.82, 2.24) is 15.2 Å². The Balaban J connectivity index is 1.46. The average Bonchev–Trinajstić information content (AvgIpc) is 3.28. The quantitative estimate of drug-likeness (QED) is 0.690. The lowest BCUT2D eigenvalue weighted by Gasteiger charge is -2.29. The van der Waals surface area contributed by atoms with Gasteiger partial charge in [-0.3, -0.25) is 0 Å². The van der Waals surface area contributed by atoms with Crippen molar-refractivity contribution in [3.8, 4) is 17.5 Å². The molecule has 0 unspecified atom stereocenters. The topological polar surface area (TPSA) is 92.0 Å². The number of rotatable bonds is 3. The largest absolute Gasteiger partial charge is 0.424 e. The summed E-state index contributed by atoms with van der Waals surface area (Å²) in [5.41, 5.74) is 1.14. The van der Waals surface area contributed by atoms with Gasteiger partial charge in [-0.1, -0.05) is 17.7 Å². The molecule has 0 radical (unpaired) electrons. The molecule has 3 heterocycles. The number of piperidine rings is 1. The van der Waals surface area contributed by atoms with E-state index in [0.717, 1.165) is 31.5 Å². The molecule has 2 aromatic heterocycles. The molecule has 8 heteroatoms. The number of aryl methyl sites for hydroxylation is 1. The highest BCUT2D eigenvalue weighted by atomic mass is 35.5. The SMILES string of the molecule is Cc1nc(C#N)c(N2CCC(c3nnc(-c4cccc(Cl)c4)o3)CC2)o1. The minimum atomic E-state index is 0.182. The summed E-state index contributed by atoms with van der Waals surface area (Å²) in [5.74, 6) is 2.34. The van der Waals surface area contributed by atoms with Gasteiger partial charge in [-0.15, -0.1) is 10.2 Å². The Kier molecular flexibility index (Phi) is 4.35. The Labute approximate surface area is 155 Å². The average molecular weight is 370 g/mol. The molecule has 3 aromatic rings. The Hall–Kier alpha value is -2.85. The number of hydrogen-bond donors (Lipinski definition) is 0. The van der Waals surface area contributed by atoms with Crippen LogP contribution in [-0.2, 0) is 0 Å². The first-order chi connectivity index (χ1) is 12.6. The summed E-state index contributed by atoms with van der Waals surface area (Å²) in [6, 6.07) is 9.44. The molecule has 1 saturated heterocycles. The van der Waals surface area contributed by atoms with Crippen LogP contribution in [0.2, 0.25) is 5.02 Å². The van der Waals surface area contributed by atoms with Crippen LogP contribution in [0.1, 0.15) is 36.2 Å². The van der Waals surface area contributed by atoms with Gasteiger partial charge in [0.25, 0.3) is 0 Å². The third-order valence-corrected chi connectivity index (χ3v) is 4.70. The van der Waals surface area contributed by atoms with Crippen molar-refractivity contribution < 1.29 is 8.83 Å². The number of anilines is 1. The van der Waals surface area contributed by atoms with Gasteiger partial charge in [0.2, 0.25) is 23.4 Å². The van der Waals surface area contributed by atoms with Crippen molar-refractivity contribution in [2.75, 3.05) is 18.0 Å². The van der Waals surface area contributed by atoms with E-state index in [1.54, 1.807) is 19.1 Å². The molecule has 0 N–H and O–H groups in total. The van der Waals surface area contributed by atoms with E-state index in [1.165, 1.54) is 0 Å². The number of halogens is 1. The maximum absolute atomic E-state index is 9.18. The zero-order valence-electron chi connectivity index (χ0n) is 14.1. The van der Waals surface area contributed by atoms with Gasteiger partial charge in [0.15, 0.2) is 5.89 Å². The van der Waals surface area contributed by atoms with E-state index in [4.69, 9.17) is 20.4 Å². The van der Waals surface area contributed by atoms with E-state index < -0.39 is 0 Å². The molecule has 4 rings (SSSR count). The minimum Gasteiger partial charge on any atom is -0.424 e. The molecule has 0 amide bonds. The van der Waals surface area contributed by atoms with Crippen LogP contribution in [0.4, 0.5) is 5.88 Å². The molecule has 0 aliphatic carbocycles. The molecule has 0 saturated carbocycles. The van der Waals surface area contributed by atoms with Gasteiger partial charge in [0.1, 0.15) is 6.07 Å². The third-order valence-electron chi connectivity index (χ3n) is 4.47. The molecule has 0 atom stereocenters. The smallest absolute Gasteiger partial charge is 0.247 e. The Bertz CT molecular complexity index is 966. The fraction of sp³-hybridized carbons (Fsp3) is 0.333. The highest BCUT2D eigenvalue weighted by Gasteiger charge is 2.28. The molecule has 26 heavy (non-hydrogen) atoms. The molecule has 7 nitrogen and oxygen atoms in total. The molecule has 1 fully saturated rings. The predicted molar refractivity (Wildman–Crippen MR) is 94.9 cm³/mol. The summed E-state index contributed by atoms with van der Waals surface area (Å²) in [7, 11) is 0. The van der Waals surface area contributed by atoms with E-state index in [9.17, 15) is 5.26 Å². The number of hydrogen-bond acceptors (Lipinski definition) is 7. The molecule has 0 bridgehead atoms. The predicted octanol–water partition coefficient (Wildman–Crippen LogP) is 3.94. The Morgan fingerprint density at radius 1 is 1.23 bits per heavy atom. The summed E-state index contributed by atoms with van der Waals surface area (Å²) in [6.45, 7) is 3.22. The van der Waals surface area contributed by atoms with Crippen LogP contribution >= 0.6 is 11.6 Å². The summed E-state index contributed by atoms with van der Waals surface area (Å²) < 4.78 is 11.5. The van der Waals surface area contributed by atoms with Crippen LogP contribution in [0.3, 0.4) is 0 Å². The zero-order valence-corrected chi connectivity index (χ0v) is 14.9. The maximum Gasteiger partial charge on any atom is 0.247 e. The van der Waals surface area contributed by atoms with Gasteiger partial charge in [-0.2, -0.15) is 5.26 Å². The maximum atomic E-state index is 9.18. The molecule has 1 aromatic carbocycles. The van der Waals surface area contributed by atoms with Crippen LogP contribution in [0.25, 0.3) is 11.5 Å². The van der Waals surface area contributed by atoms with E-state index in [2.05, 4.69) is 21.3 Å². The van der Waals surface area contributed by atoms with Gasteiger partial charge >= 0.3 is 0 Å². The lowest BCUT2D eigenvalue weighted by atomic mass is 9.97. The van der Waals surface area contributed by atoms with Crippen molar-refractivity contribution in [2.45, 2.75) is 25.7 Å². The normalized spacial score (nSPS) is 15.2. The van der Waals surface area contributed by atoms with Crippen LogP contribution in [-0.4, -0.2) is 28.3 Å². The standard InChI is InChI=1S/C18H16ClN5O2/c1-11-21-15(10-20)18(25-11)24-7-5-12(6-8-24)16-22-23-17(26-16)13-3-2-4-14(19)9-13/h2-4,9,12H,5-8H2,1H3. The molecule has 132 valence electrons. The van der Waals surface area contributed by atoms with Crippen molar-refractivity contribution >= 4 is 17.5 Å². The number of nitrogens with zero attached hydrogens (tertiary/aromatic N) is 5. The first-order valence-electron chi connectivity index (χ1n) is 8.36. The molecule has 1 aliphatic rings. The monoisotopic (exact) mass is 369 g/mol. The van der Waals surface area contributed by atoms with Crippen LogP contribution in [0, 0.1) is 18.3 Å². The Morgan fingerprint density at radius 3 is 2.77 bits per heavy atom. The molecular formula is C18H16ClN5O2. The number of oxazole rings is 1. The van der Waals surface area contributed by atoms with Crippen LogP contribution in [0.15, 0.2) is 33.1 Å². The summed E-state index contributed by atoms with van der Waals surface area (Å²) in [6.07, 6.45) is 1.67. The van der Waals surface area contributed by atoms with E-state index in [0.29, 0.717) is 34.3 Å². The zero-order chi connectivity index (χ0) is 18.1.